The monoisotopic (exact) mass is 183 g/mol. The van der Waals surface area contributed by atoms with Gasteiger partial charge >= 0.3 is 5.97 Å². The van der Waals surface area contributed by atoms with Gasteiger partial charge in [-0.2, -0.15) is 0 Å². The predicted octanol–water partition coefficient (Wildman–Crippen LogP) is 1.08. The summed E-state index contributed by atoms with van der Waals surface area (Å²) in [6.07, 6.45) is 6.26. The third-order valence-electron chi connectivity index (χ3n) is 3.56. The second-order valence-corrected chi connectivity index (χ2v) is 4.26. The number of hydrogen-bond donors (Lipinski definition) is 1. The van der Waals surface area contributed by atoms with Crippen LogP contribution in [0.4, 0.5) is 0 Å². The summed E-state index contributed by atoms with van der Waals surface area (Å²) in [5.74, 6) is -0.0758. The normalized spacial score (nSPS) is 31.0. The molecule has 1 atom stereocenters. The lowest BCUT2D eigenvalue weighted by molar-refractivity contribution is -0.153. The quantitative estimate of drug-likeness (QED) is 0.618. The van der Waals surface area contributed by atoms with Crippen molar-refractivity contribution in [3.05, 3.63) is 0 Å². The minimum Gasteiger partial charge on any atom is -0.468 e. The minimum atomic E-state index is -0.0758. The number of ether oxygens (including phenoxy) is 1. The average Bonchev–Trinajstić information content (AvgIpc) is 2.17. The molecule has 0 aromatic rings. The summed E-state index contributed by atoms with van der Waals surface area (Å²) in [5, 5.41) is 3.18. The van der Waals surface area contributed by atoms with Crippen molar-refractivity contribution in [3.63, 3.8) is 0 Å². The van der Waals surface area contributed by atoms with Crippen molar-refractivity contribution < 1.29 is 9.53 Å². The molecule has 0 aromatic carbocycles. The highest BCUT2D eigenvalue weighted by Crippen LogP contribution is 2.44. The van der Waals surface area contributed by atoms with Crippen molar-refractivity contribution in [3.8, 4) is 0 Å². The van der Waals surface area contributed by atoms with Crippen molar-refractivity contribution in [2.24, 2.45) is 5.41 Å². The molecule has 1 N–H and O–H groups in total. The Hall–Kier alpha value is -0.570. The van der Waals surface area contributed by atoms with E-state index >= 15 is 0 Å². The van der Waals surface area contributed by atoms with E-state index in [0.29, 0.717) is 0 Å². The lowest BCUT2D eigenvalue weighted by Crippen LogP contribution is -2.66. The van der Waals surface area contributed by atoms with Crippen LogP contribution in [0.5, 0.6) is 0 Å². The molecule has 13 heavy (non-hydrogen) atoms. The zero-order chi connectivity index (χ0) is 9.31. The maximum absolute atomic E-state index is 11.4. The first kappa shape index (κ1) is 9.00. The van der Waals surface area contributed by atoms with E-state index in [9.17, 15) is 4.79 Å². The third kappa shape index (κ3) is 1.35. The van der Waals surface area contributed by atoms with Gasteiger partial charge in [-0.15, -0.1) is 0 Å². The topological polar surface area (TPSA) is 38.3 Å². The van der Waals surface area contributed by atoms with Gasteiger partial charge in [-0.3, -0.25) is 4.79 Å². The van der Waals surface area contributed by atoms with Gasteiger partial charge in [-0.1, -0.05) is 19.3 Å². The van der Waals surface area contributed by atoms with Crippen LogP contribution in [0.15, 0.2) is 0 Å². The van der Waals surface area contributed by atoms with Gasteiger partial charge < -0.3 is 10.1 Å². The zero-order valence-electron chi connectivity index (χ0n) is 8.14. The molecule has 0 aromatic heterocycles. The van der Waals surface area contributed by atoms with Crippen molar-refractivity contribution >= 4 is 5.97 Å². The summed E-state index contributed by atoms with van der Waals surface area (Å²) in [6.45, 7) is 1.01. The molecule has 1 saturated heterocycles. The maximum Gasteiger partial charge on any atom is 0.323 e. The molecule has 1 heterocycles. The molecule has 1 aliphatic heterocycles. The van der Waals surface area contributed by atoms with Crippen LogP contribution in [0.2, 0.25) is 0 Å². The second-order valence-electron chi connectivity index (χ2n) is 4.26. The molecule has 1 saturated carbocycles. The Balaban J connectivity index is 2.02. The fraction of sp³-hybridized carbons (Fsp3) is 0.900. The number of hydrogen-bond acceptors (Lipinski definition) is 3. The van der Waals surface area contributed by atoms with E-state index in [2.05, 4.69) is 5.32 Å². The molecule has 2 fully saturated rings. The first-order valence-corrected chi connectivity index (χ1v) is 5.10. The number of methoxy groups -OCH3 is 1. The summed E-state index contributed by atoms with van der Waals surface area (Å²) in [6, 6.07) is -0.0159. The summed E-state index contributed by atoms with van der Waals surface area (Å²) < 4.78 is 4.78. The summed E-state index contributed by atoms with van der Waals surface area (Å²) in [5.41, 5.74) is 0.255. The molecule has 0 radical (unpaired) electrons. The van der Waals surface area contributed by atoms with Crippen molar-refractivity contribution in [1.82, 2.24) is 5.32 Å². The molecular formula is C10H17NO2. The van der Waals surface area contributed by atoms with Crippen LogP contribution in [-0.4, -0.2) is 25.7 Å². The largest absolute Gasteiger partial charge is 0.468 e. The van der Waals surface area contributed by atoms with Gasteiger partial charge in [0.15, 0.2) is 0 Å². The summed E-state index contributed by atoms with van der Waals surface area (Å²) in [7, 11) is 1.47. The Morgan fingerprint density at radius 1 is 1.38 bits per heavy atom. The number of rotatable bonds is 1. The predicted molar refractivity (Wildman–Crippen MR) is 49.3 cm³/mol. The van der Waals surface area contributed by atoms with E-state index in [-0.39, 0.29) is 17.4 Å². The van der Waals surface area contributed by atoms with Crippen LogP contribution in [0.25, 0.3) is 0 Å². The number of carbonyl (C=O) groups excluding carboxylic acids is 1. The highest BCUT2D eigenvalue weighted by Gasteiger charge is 2.51. The van der Waals surface area contributed by atoms with Gasteiger partial charge in [-0.25, -0.2) is 0 Å². The summed E-state index contributed by atoms with van der Waals surface area (Å²) >= 11 is 0. The van der Waals surface area contributed by atoms with Gasteiger partial charge in [0.2, 0.25) is 0 Å². The zero-order valence-corrected chi connectivity index (χ0v) is 8.14. The van der Waals surface area contributed by atoms with Crippen LogP contribution in [0, 0.1) is 5.41 Å². The van der Waals surface area contributed by atoms with Crippen LogP contribution in [0.1, 0.15) is 32.1 Å². The molecule has 2 rings (SSSR count). The molecule has 74 valence electrons. The Kier molecular flexibility index (Phi) is 2.28. The number of esters is 1. The highest BCUT2D eigenvalue weighted by atomic mass is 16.5. The lowest BCUT2D eigenvalue weighted by Gasteiger charge is -2.51. The third-order valence-corrected chi connectivity index (χ3v) is 3.56. The van der Waals surface area contributed by atoms with Crippen LogP contribution < -0.4 is 5.32 Å². The molecule has 0 amide bonds. The van der Waals surface area contributed by atoms with Crippen LogP contribution in [-0.2, 0) is 9.53 Å². The van der Waals surface area contributed by atoms with Gasteiger partial charge in [0.25, 0.3) is 0 Å². The van der Waals surface area contributed by atoms with E-state index in [1.54, 1.807) is 0 Å². The first-order valence-electron chi connectivity index (χ1n) is 5.10. The van der Waals surface area contributed by atoms with Crippen LogP contribution >= 0.6 is 0 Å². The fourth-order valence-electron chi connectivity index (χ4n) is 2.67. The highest BCUT2D eigenvalue weighted by molar-refractivity contribution is 5.78. The molecule has 3 nitrogen and oxygen atoms in total. The molecular weight excluding hydrogens is 166 g/mol. The van der Waals surface area contributed by atoms with E-state index in [1.165, 1.54) is 39.2 Å². The lowest BCUT2D eigenvalue weighted by atomic mass is 9.64. The van der Waals surface area contributed by atoms with E-state index in [1.807, 2.05) is 0 Å². The standard InChI is InChI=1S/C10H17NO2/c1-13-9(12)8-10(7-11-8)5-3-2-4-6-10/h8,11H,2-7H2,1H3/t8-/m0/s1. The molecule has 2 aliphatic rings. The molecule has 0 bridgehead atoms. The Morgan fingerprint density at radius 2 is 2.08 bits per heavy atom. The van der Waals surface area contributed by atoms with Gasteiger partial charge in [0.05, 0.1) is 7.11 Å². The van der Waals surface area contributed by atoms with E-state index in [0.717, 1.165) is 6.54 Å². The van der Waals surface area contributed by atoms with Gasteiger partial charge in [-0.05, 0) is 12.8 Å². The maximum atomic E-state index is 11.4. The summed E-state index contributed by atoms with van der Waals surface area (Å²) in [4.78, 5) is 11.4. The smallest absolute Gasteiger partial charge is 0.323 e. The van der Waals surface area contributed by atoms with Crippen molar-refractivity contribution in [2.45, 2.75) is 38.1 Å². The Bertz CT molecular complexity index is 209. The molecule has 1 spiro atoms. The second kappa shape index (κ2) is 3.29. The van der Waals surface area contributed by atoms with Crippen molar-refractivity contribution in [2.75, 3.05) is 13.7 Å². The first-order chi connectivity index (χ1) is 6.28. The minimum absolute atomic E-state index is 0.0159. The van der Waals surface area contributed by atoms with E-state index in [4.69, 9.17) is 4.74 Å². The molecule has 3 heteroatoms. The molecule has 0 unspecified atom stereocenters. The van der Waals surface area contributed by atoms with Crippen molar-refractivity contribution in [1.29, 1.82) is 0 Å². The average molecular weight is 183 g/mol. The Labute approximate surface area is 78.8 Å². The number of nitrogens with one attached hydrogen (secondary N) is 1. The molecule has 1 aliphatic carbocycles. The van der Waals surface area contributed by atoms with E-state index < -0.39 is 0 Å². The van der Waals surface area contributed by atoms with Gasteiger partial charge in [0.1, 0.15) is 6.04 Å². The number of carbonyl (C=O) groups is 1. The fourth-order valence-corrected chi connectivity index (χ4v) is 2.67. The Morgan fingerprint density at radius 3 is 2.54 bits per heavy atom. The SMILES string of the molecule is COC(=O)[C@@H]1NCC12CCCCC2. The van der Waals surface area contributed by atoms with Crippen LogP contribution in [0.3, 0.4) is 0 Å². The van der Waals surface area contributed by atoms with Gasteiger partial charge in [0, 0.05) is 12.0 Å².